The molecule has 1 aliphatic carbocycles. The molecule has 1 aliphatic rings. The van der Waals surface area contributed by atoms with Crippen LogP contribution in [0.3, 0.4) is 0 Å². The van der Waals surface area contributed by atoms with Crippen molar-refractivity contribution in [1.82, 2.24) is 0 Å². The van der Waals surface area contributed by atoms with E-state index in [1.54, 1.807) is 13.0 Å². The van der Waals surface area contributed by atoms with Crippen molar-refractivity contribution in [1.29, 1.82) is 0 Å². The molecule has 18 heavy (non-hydrogen) atoms. The zero-order valence-electron chi connectivity index (χ0n) is 10.8. The van der Waals surface area contributed by atoms with Gasteiger partial charge in [0.25, 0.3) is 0 Å². The molecule has 1 aromatic carbocycles. The van der Waals surface area contributed by atoms with Crippen molar-refractivity contribution < 1.29 is 9.50 Å². The number of nitrogens with zero attached hydrogens (tertiary/aromatic N) is 1. The van der Waals surface area contributed by atoms with Gasteiger partial charge < -0.3 is 15.7 Å². The van der Waals surface area contributed by atoms with Gasteiger partial charge in [-0.15, -0.1) is 0 Å². The number of aliphatic hydroxyl groups is 1. The van der Waals surface area contributed by atoms with E-state index in [-0.39, 0.29) is 18.5 Å². The van der Waals surface area contributed by atoms with Crippen molar-refractivity contribution in [3.05, 3.63) is 29.6 Å². The molecule has 0 saturated heterocycles. The van der Waals surface area contributed by atoms with E-state index in [4.69, 9.17) is 5.73 Å². The van der Waals surface area contributed by atoms with Crippen LogP contribution in [-0.4, -0.2) is 24.3 Å². The Morgan fingerprint density at radius 3 is 2.72 bits per heavy atom. The summed E-state index contributed by atoms with van der Waals surface area (Å²) in [7, 11) is 0. The Morgan fingerprint density at radius 1 is 1.50 bits per heavy atom. The van der Waals surface area contributed by atoms with Crippen molar-refractivity contribution >= 4 is 5.69 Å². The van der Waals surface area contributed by atoms with E-state index in [2.05, 4.69) is 4.90 Å². The van der Waals surface area contributed by atoms with Gasteiger partial charge in [0.1, 0.15) is 5.82 Å². The maximum absolute atomic E-state index is 13.9. The molecule has 0 aliphatic heterocycles. The third-order valence-corrected chi connectivity index (χ3v) is 3.65. The molecule has 0 bridgehead atoms. The first-order valence-electron chi connectivity index (χ1n) is 6.56. The molecule has 0 unspecified atom stereocenters. The molecule has 0 amide bonds. The Hall–Kier alpha value is -1.13. The smallest absolute Gasteiger partial charge is 0.130 e. The fourth-order valence-corrected chi connectivity index (χ4v) is 2.53. The summed E-state index contributed by atoms with van der Waals surface area (Å²) in [5.41, 5.74) is 7.27. The van der Waals surface area contributed by atoms with Gasteiger partial charge in [0, 0.05) is 29.9 Å². The zero-order valence-corrected chi connectivity index (χ0v) is 10.8. The minimum absolute atomic E-state index is 0.0748. The van der Waals surface area contributed by atoms with Crippen molar-refractivity contribution in [2.24, 2.45) is 5.73 Å². The van der Waals surface area contributed by atoms with Gasteiger partial charge in [-0.25, -0.2) is 4.39 Å². The lowest BCUT2D eigenvalue weighted by atomic mass is 9.90. The van der Waals surface area contributed by atoms with Gasteiger partial charge in [-0.3, -0.25) is 0 Å². The van der Waals surface area contributed by atoms with Crippen molar-refractivity contribution in [2.45, 2.75) is 38.3 Å². The Bertz CT molecular complexity index is 405. The fourth-order valence-electron chi connectivity index (χ4n) is 2.53. The van der Waals surface area contributed by atoms with Crippen LogP contribution in [0.25, 0.3) is 0 Å². The Kier molecular flexibility index (Phi) is 4.19. The minimum atomic E-state index is -0.345. The molecule has 0 radical (unpaired) electrons. The molecular formula is C14H21FN2O. The number of hydrogen-bond acceptors (Lipinski definition) is 3. The van der Waals surface area contributed by atoms with E-state index in [0.29, 0.717) is 18.2 Å². The molecule has 100 valence electrons. The molecular weight excluding hydrogens is 231 g/mol. The third-order valence-electron chi connectivity index (χ3n) is 3.65. The van der Waals surface area contributed by atoms with E-state index in [9.17, 15) is 9.50 Å². The number of aliphatic hydroxyl groups excluding tert-OH is 1. The molecule has 4 heteroatoms. The van der Waals surface area contributed by atoms with E-state index in [1.807, 2.05) is 6.07 Å². The van der Waals surface area contributed by atoms with Crippen molar-refractivity contribution in [3.63, 3.8) is 0 Å². The van der Waals surface area contributed by atoms with Gasteiger partial charge in [-0.2, -0.15) is 0 Å². The predicted molar refractivity (Wildman–Crippen MR) is 71.1 cm³/mol. The van der Waals surface area contributed by atoms with Crippen molar-refractivity contribution in [3.8, 4) is 0 Å². The first-order valence-corrected chi connectivity index (χ1v) is 6.56. The van der Waals surface area contributed by atoms with E-state index >= 15 is 0 Å². The number of anilines is 1. The van der Waals surface area contributed by atoms with Gasteiger partial charge >= 0.3 is 0 Å². The van der Waals surface area contributed by atoms with Crippen LogP contribution in [0.4, 0.5) is 10.1 Å². The lowest BCUT2D eigenvalue weighted by Gasteiger charge is -2.40. The standard InChI is InChI=1S/C14H21FN2O/c1-10(16)14-12(15)6-3-7-13(14)17(8-9-18)11-4-2-5-11/h3,6-7,10-11,18H,2,4-5,8-9,16H2,1H3/t10-/m1/s1. The van der Waals surface area contributed by atoms with Crippen LogP contribution in [0.2, 0.25) is 0 Å². The highest BCUT2D eigenvalue weighted by molar-refractivity contribution is 5.56. The van der Waals surface area contributed by atoms with Crippen LogP contribution in [0.5, 0.6) is 0 Å². The number of nitrogens with two attached hydrogens (primary N) is 1. The second-order valence-corrected chi connectivity index (χ2v) is 4.96. The lowest BCUT2D eigenvalue weighted by molar-refractivity contribution is 0.283. The molecule has 1 saturated carbocycles. The number of halogens is 1. The SMILES string of the molecule is C[C@@H](N)c1c(F)cccc1N(CCO)C1CCC1. The summed E-state index contributed by atoms with van der Waals surface area (Å²) < 4.78 is 13.9. The topological polar surface area (TPSA) is 49.5 Å². The Labute approximate surface area is 107 Å². The third kappa shape index (κ3) is 2.49. The molecule has 1 atom stereocenters. The van der Waals surface area contributed by atoms with E-state index < -0.39 is 0 Å². The quantitative estimate of drug-likeness (QED) is 0.844. The average Bonchev–Trinajstić information content (AvgIpc) is 2.25. The second kappa shape index (κ2) is 5.67. The Balaban J connectivity index is 2.36. The first kappa shape index (κ1) is 13.3. The van der Waals surface area contributed by atoms with Gasteiger partial charge in [0.15, 0.2) is 0 Å². The van der Waals surface area contributed by atoms with Crippen LogP contribution in [-0.2, 0) is 0 Å². The van der Waals surface area contributed by atoms with Crippen LogP contribution >= 0.6 is 0 Å². The lowest BCUT2D eigenvalue weighted by Crippen LogP contribution is -2.42. The minimum Gasteiger partial charge on any atom is -0.395 e. The van der Waals surface area contributed by atoms with Crippen LogP contribution < -0.4 is 10.6 Å². The van der Waals surface area contributed by atoms with Gasteiger partial charge in [0.05, 0.1) is 6.61 Å². The van der Waals surface area contributed by atoms with Gasteiger partial charge in [-0.1, -0.05) is 6.07 Å². The maximum atomic E-state index is 13.9. The highest BCUT2D eigenvalue weighted by atomic mass is 19.1. The van der Waals surface area contributed by atoms with Crippen molar-refractivity contribution in [2.75, 3.05) is 18.1 Å². The van der Waals surface area contributed by atoms with Crippen LogP contribution in [0.1, 0.15) is 37.8 Å². The molecule has 1 fully saturated rings. The molecule has 1 aromatic rings. The summed E-state index contributed by atoms with van der Waals surface area (Å²) in [4.78, 5) is 2.10. The highest BCUT2D eigenvalue weighted by Gasteiger charge is 2.27. The summed E-state index contributed by atoms with van der Waals surface area (Å²) in [6, 6.07) is 5.12. The number of benzene rings is 1. The average molecular weight is 252 g/mol. The molecule has 0 spiro atoms. The van der Waals surface area contributed by atoms with E-state index in [0.717, 1.165) is 18.5 Å². The largest absolute Gasteiger partial charge is 0.395 e. The second-order valence-electron chi connectivity index (χ2n) is 4.96. The summed E-state index contributed by atoms with van der Waals surface area (Å²) in [5.74, 6) is -0.259. The number of rotatable bonds is 5. The molecule has 2 rings (SSSR count). The zero-order chi connectivity index (χ0) is 13.1. The van der Waals surface area contributed by atoms with Crippen LogP contribution in [0, 0.1) is 5.82 Å². The van der Waals surface area contributed by atoms with Crippen LogP contribution in [0.15, 0.2) is 18.2 Å². The molecule has 0 heterocycles. The first-order chi connectivity index (χ1) is 8.65. The fraction of sp³-hybridized carbons (Fsp3) is 0.571. The van der Waals surface area contributed by atoms with Gasteiger partial charge in [-0.05, 0) is 38.3 Å². The van der Waals surface area contributed by atoms with Gasteiger partial charge in [0.2, 0.25) is 0 Å². The summed E-state index contributed by atoms with van der Waals surface area (Å²) in [6.07, 6.45) is 3.42. The maximum Gasteiger partial charge on any atom is 0.130 e. The summed E-state index contributed by atoms with van der Waals surface area (Å²) >= 11 is 0. The molecule has 3 N–H and O–H groups in total. The Morgan fingerprint density at radius 2 is 2.22 bits per heavy atom. The normalized spacial score (nSPS) is 17.3. The monoisotopic (exact) mass is 252 g/mol. The molecule has 0 aromatic heterocycles. The van der Waals surface area contributed by atoms with E-state index in [1.165, 1.54) is 12.5 Å². The number of hydrogen-bond donors (Lipinski definition) is 2. The summed E-state index contributed by atoms with van der Waals surface area (Å²) in [6.45, 7) is 2.40. The molecule has 3 nitrogen and oxygen atoms in total. The highest BCUT2D eigenvalue weighted by Crippen LogP contribution is 2.34. The predicted octanol–water partition coefficient (Wildman–Crippen LogP) is 2.20. The summed E-state index contributed by atoms with van der Waals surface area (Å²) in [5, 5.41) is 9.20.